The van der Waals surface area contributed by atoms with Crippen LogP contribution < -0.4 is 5.32 Å². The zero-order valence-corrected chi connectivity index (χ0v) is 14.1. The van der Waals surface area contributed by atoms with E-state index in [1.165, 1.54) is 6.33 Å². The molecule has 0 aliphatic heterocycles. The van der Waals surface area contributed by atoms with Gasteiger partial charge >= 0.3 is 0 Å². The van der Waals surface area contributed by atoms with Gasteiger partial charge in [0.1, 0.15) is 18.4 Å². The van der Waals surface area contributed by atoms with Crippen LogP contribution in [-0.4, -0.2) is 25.8 Å². The van der Waals surface area contributed by atoms with E-state index in [1.54, 1.807) is 17.1 Å². The molecule has 25 heavy (non-hydrogen) atoms. The lowest BCUT2D eigenvalue weighted by Gasteiger charge is -2.18. The van der Waals surface area contributed by atoms with E-state index in [4.69, 9.17) is 4.52 Å². The molecule has 0 saturated carbocycles. The molecule has 0 aliphatic carbocycles. The second kappa shape index (κ2) is 8.23. The fraction of sp³-hybridized carbons (Fsp3) is 0.333. The summed E-state index contributed by atoms with van der Waals surface area (Å²) in [6.45, 7) is 2.71. The number of amides is 1. The van der Waals surface area contributed by atoms with Crippen molar-refractivity contribution in [1.29, 1.82) is 0 Å². The standard InChI is InChI=1S/C18H21N5O2/c1-2-6-15-11-17(22-25-15)18(24)21-16(14-7-4-3-5-8-14)9-10-23-13-19-12-20-23/h3-5,7-8,11-13,16H,2,6,9-10H2,1H3,(H,21,24)/t16-/m1/s1. The van der Waals surface area contributed by atoms with E-state index in [0.29, 0.717) is 18.7 Å². The molecule has 0 unspecified atom stereocenters. The maximum Gasteiger partial charge on any atom is 0.273 e. The van der Waals surface area contributed by atoms with E-state index in [2.05, 4.69) is 27.5 Å². The second-order valence-electron chi connectivity index (χ2n) is 5.81. The van der Waals surface area contributed by atoms with E-state index < -0.39 is 0 Å². The zero-order chi connectivity index (χ0) is 17.5. The number of hydrogen-bond donors (Lipinski definition) is 1. The molecule has 7 heteroatoms. The minimum atomic E-state index is -0.237. The summed E-state index contributed by atoms with van der Waals surface area (Å²) < 4.78 is 6.95. The van der Waals surface area contributed by atoms with Gasteiger partial charge in [-0.05, 0) is 18.4 Å². The molecular weight excluding hydrogens is 318 g/mol. The zero-order valence-electron chi connectivity index (χ0n) is 14.1. The maximum atomic E-state index is 12.5. The van der Waals surface area contributed by atoms with Crippen LogP contribution >= 0.6 is 0 Å². The fourth-order valence-corrected chi connectivity index (χ4v) is 2.63. The largest absolute Gasteiger partial charge is 0.361 e. The van der Waals surface area contributed by atoms with Gasteiger partial charge < -0.3 is 9.84 Å². The molecule has 7 nitrogen and oxygen atoms in total. The summed E-state index contributed by atoms with van der Waals surface area (Å²) >= 11 is 0. The van der Waals surface area contributed by atoms with Crippen molar-refractivity contribution in [2.45, 2.75) is 38.8 Å². The third-order valence-corrected chi connectivity index (χ3v) is 3.91. The van der Waals surface area contributed by atoms with Gasteiger partial charge in [0.05, 0.1) is 6.04 Å². The van der Waals surface area contributed by atoms with Crippen LogP contribution in [0.1, 0.15) is 47.6 Å². The van der Waals surface area contributed by atoms with E-state index >= 15 is 0 Å². The monoisotopic (exact) mass is 339 g/mol. The molecular formula is C18H21N5O2. The Bertz CT molecular complexity index is 783. The minimum absolute atomic E-state index is 0.149. The maximum absolute atomic E-state index is 12.5. The van der Waals surface area contributed by atoms with E-state index in [-0.39, 0.29) is 11.9 Å². The van der Waals surface area contributed by atoms with Crippen LogP contribution in [0, 0.1) is 0 Å². The van der Waals surface area contributed by atoms with Gasteiger partial charge in [0.25, 0.3) is 5.91 Å². The minimum Gasteiger partial charge on any atom is -0.361 e. The first-order valence-electron chi connectivity index (χ1n) is 8.40. The highest BCUT2D eigenvalue weighted by Gasteiger charge is 2.18. The summed E-state index contributed by atoms with van der Waals surface area (Å²) in [4.78, 5) is 16.5. The van der Waals surface area contributed by atoms with Crippen molar-refractivity contribution in [2.75, 3.05) is 0 Å². The molecule has 1 N–H and O–H groups in total. The summed E-state index contributed by atoms with van der Waals surface area (Å²) in [5.74, 6) is 0.491. The van der Waals surface area contributed by atoms with Crippen molar-refractivity contribution in [2.24, 2.45) is 0 Å². The lowest BCUT2D eigenvalue weighted by Crippen LogP contribution is -2.29. The van der Waals surface area contributed by atoms with Crippen LogP contribution in [0.2, 0.25) is 0 Å². The Labute approximate surface area is 146 Å². The quantitative estimate of drug-likeness (QED) is 0.682. The Balaban J connectivity index is 1.70. The molecule has 0 bridgehead atoms. The number of carbonyl (C=O) groups excluding carboxylic acids is 1. The molecule has 1 atom stereocenters. The Kier molecular flexibility index (Phi) is 5.56. The molecule has 1 aromatic carbocycles. The average Bonchev–Trinajstić information content (AvgIpc) is 3.31. The van der Waals surface area contributed by atoms with Gasteiger partial charge in [-0.1, -0.05) is 42.4 Å². The fourth-order valence-electron chi connectivity index (χ4n) is 2.63. The van der Waals surface area contributed by atoms with E-state index in [9.17, 15) is 4.79 Å². The van der Waals surface area contributed by atoms with Gasteiger partial charge in [-0.3, -0.25) is 9.48 Å². The SMILES string of the molecule is CCCc1cc(C(=O)N[C@H](CCn2cncn2)c2ccccc2)no1. The van der Waals surface area contributed by atoms with Crippen LogP contribution in [0.5, 0.6) is 0 Å². The number of hydrogen-bond acceptors (Lipinski definition) is 5. The van der Waals surface area contributed by atoms with E-state index in [1.807, 2.05) is 30.3 Å². The number of benzene rings is 1. The second-order valence-corrected chi connectivity index (χ2v) is 5.81. The highest BCUT2D eigenvalue weighted by molar-refractivity contribution is 5.92. The van der Waals surface area contributed by atoms with E-state index in [0.717, 1.165) is 24.2 Å². The Morgan fingerprint density at radius 1 is 1.32 bits per heavy atom. The number of rotatable bonds is 8. The number of carbonyl (C=O) groups is 1. The molecule has 130 valence electrons. The molecule has 0 spiro atoms. The Morgan fingerprint density at radius 2 is 2.16 bits per heavy atom. The molecule has 0 saturated heterocycles. The molecule has 2 aromatic heterocycles. The highest BCUT2D eigenvalue weighted by Crippen LogP contribution is 2.18. The van der Waals surface area contributed by atoms with Gasteiger partial charge in [0.2, 0.25) is 0 Å². The van der Waals surface area contributed by atoms with Crippen LogP contribution in [0.4, 0.5) is 0 Å². The van der Waals surface area contributed by atoms with Gasteiger partial charge in [0.15, 0.2) is 5.69 Å². The molecule has 0 fully saturated rings. The van der Waals surface area contributed by atoms with Crippen LogP contribution in [-0.2, 0) is 13.0 Å². The lowest BCUT2D eigenvalue weighted by molar-refractivity contribution is 0.0924. The van der Waals surface area contributed by atoms with Crippen molar-refractivity contribution in [1.82, 2.24) is 25.2 Å². The van der Waals surface area contributed by atoms with Gasteiger partial charge in [-0.15, -0.1) is 0 Å². The summed E-state index contributed by atoms with van der Waals surface area (Å²) in [5.41, 5.74) is 1.35. The van der Waals surface area contributed by atoms with Crippen LogP contribution in [0.25, 0.3) is 0 Å². The van der Waals surface area contributed by atoms with Crippen molar-refractivity contribution in [3.05, 3.63) is 66.1 Å². The first-order valence-corrected chi connectivity index (χ1v) is 8.40. The summed E-state index contributed by atoms with van der Waals surface area (Å²) in [7, 11) is 0. The Morgan fingerprint density at radius 3 is 2.88 bits per heavy atom. The molecule has 0 radical (unpaired) electrons. The van der Waals surface area contributed by atoms with Crippen molar-refractivity contribution >= 4 is 5.91 Å². The third-order valence-electron chi connectivity index (χ3n) is 3.91. The number of aryl methyl sites for hydroxylation is 2. The van der Waals surface area contributed by atoms with Gasteiger partial charge in [0, 0.05) is 19.0 Å². The topological polar surface area (TPSA) is 85.8 Å². The molecule has 3 aromatic rings. The normalized spacial score (nSPS) is 12.0. The number of aromatic nitrogens is 4. The first-order chi connectivity index (χ1) is 12.3. The summed E-state index contributed by atoms with van der Waals surface area (Å²) in [6.07, 6.45) is 5.58. The average molecular weight is 339 g/mol. The summed E-state index contributed by atoms with van der Waals surface area (Å²) in [6, 6.07) is 11.4. The van der Waals surface area contributed by atoms with Gasteiger partial charge in [-0.2, -0.15) is 5.10 Å². The van der Waals surface area contributed by atoms with Crippen molar-refractivity contribution in [3.8, 4) is 0 Å². The molecule has 0 aliphatic rings. The Hall–Kier alpha value is -2.96. The van der Waals surface area contributed by atoms with Crippen molar-refractivity contribution < 1.29 is 9.32 Å². The molecule has 1 amide bonds. The highest BCUT2D eigenvalue weighted by atomic mass is 16.5. The predicted octanol–water partition coefficient (Wildman–Crippen LogP) is 2.78. The van der Waals surface area contributed by atoms with Gasteiger partial charge in [-0.25, -0.2) is 4.98 Å². The van der Waals surface area contributed by atoms with Crippen LogP contribution in [0.15, 0.2) is 53.6 Å². The molecule has 3 rings (SSSR count). The van der Waals surface area contributed by atoms with Crippen LogP contribution in [0.3, 0.4) is 0 Å². The number of nitrogens with zero attached hydrogens (tertiary/aromatic N) is 4. The first kappa shape index (κ1) is 16.9. The number of nitrogens with one attached hydrogen (secondary N) is 1. The van der Waals surface area contributed by atoms with Crippen molar-refractivity contribution in [3.63, 3.8) is 0 Å². The third kappa shape index (κ3) is 4.53. The smallest absolute Gasteiger partial charge is 0.273 e. The molecule has 2 heterocycles. The lowest BCUT2D eigenvalue weighted by atomic mass is 10.0. The predicted molar refractivity (Wildman–Crippen MR) is 91.8 cm³/mol. The summed E-state index contributed by atoms with van der Waals surface area (Å²) in [5, 5.41) is 11.0.